The van der Waals surface area contributed by atoms with Gasteiger partial charge >= 0.3 is 0 Å². The van der Waals surface area contributed by atoms with Gasteiger partial charge in [-0.1, -0.05) is 11.8 Å². The van der Waals surface area contributed by atoms with Gasteiger partial charge in [-0.25, -0.2) is 0 Å². The van der Waals surface area contributed by atoms with Crippen molar-refractivity contribution in [1.82, 2.24) is 14.7 Å². The summed E-state index contributed by atoms with van der Waals surface area (Å²) in [7, 11) is 0. The van der Waals surface area contributed by atoms with E-state index in [1.54, 1.807) is 21.6 Å². The third-order valence-electron chi connectivity index (χ3n) is 4.79. The summed E-state index contributed by atoms with van der Waals surface area (Å²) in [5.41, 5.74) is 7.04. The smallest absolute Gasteiger partial charge is 0.245 e. The van der Waals surface area contributed by atoms with Crippen molar-refractivity contribution in [3.05, 3.63) is 11.1 Å². The van der Waals surface area contributed by atoms with Crippen LogP contribution in [0.3, 0.4) is 0 Å². The van der Waals surface area contributed by atoms with E-state index in [-0.39, 0.29) is 17.9 Å². The van der Waals surface area contributed by atoms with E-state index in [1.165, 1.54) is 0 Å². The van der Waals surface area contributed by atoms with Crippen molar-refractivity contribution in [1.29, 1.82) is 0 Å². The summed E-state index contributed by atoms with van der Waals surface area (Å²) < 4.78 is 0. The average molecular weight is 351 g/mol. The van der Waals surface area contributed by atoms with E-state index in [1.807, 2.05) is 19.3 Å². The van der Waals surface area contributed by atoms with Gasteiger partial charge in [-0.3, -0.25) is 14.6 Å². The zero-order chi connectivity index (χ0) is 17.3. The molecule has 0 unspecified atom stereocenters. The second kappa shape index (κ2) is 7.14. The first kappa shape index (κ1) is 17.3. The molecular formula is C16H25N5O2S. The lowest BCUT2D eigenvalue weighted by molar-refractivity contribution is -0.143. The zero-order valence-electron chi connectivity index (χ0n) is 14.3. The maximum Gasteiger partial charge on any atom is 0.245 e. The Morgan fingerprint density at radius 2 is 2.17 bits per heavy atom. The Morgan fingerprint density at radius 3 is 2.88 bits per heavy atom. The number of fused-ring (bicyclic) bond motifs is 1. The lowest BCUT2D eigenvalue weighted by atomic mass is 10.1. The molecule has 0 radical (unpaired) electrons. The molecule has 1 saturated heterocycles. The molecule has 2 amide bonds. The van der Waals surface area contributed by atoms with Crippen LogP contribution in [0.2, 0.25) is 0 Å². The molecule has 0 aromatic rings. The van der Waals surface area contributed by atoms with E-state index < -0.39 is 6.04 Å². The van der Waals surface area contributed by atoms with E-state index in [2.05, 4.69) is 9.89 Å². The third-order valence-corrected chi connectivity index (χ3v) is 5.75. The Hall–Kier alpha value is -1.54. The number of carbonyl (C=O) groups is 2. The molecular weight excluding hydrogens is 326 g/mol. The topological polar surface area (TPSA) is 82.2 Å². The highest BCUT2D eigenvalue weighted by molar-refractivity contribution is 8.16. The van der Waals surface area contributed by atoms with Gasteiger partial charge in [-0.05, 0) is 25.7 Å². The molecule has 2 N–H and O–H groups in total. The van der Waals surface area contributed by atoms with Gasteiger partial charge in [-0.15, -0.1) is 0 Å². The lowest BCUT2D eigenvalue weighted by Crippen LogP contribution is -2.48. The number of hydrogen-bond acceptors (Lipinski definition) is 6. The van der Waals surface area contributed by atoms with Crippen LogP contribution in [0.15, 0.2) is 16.1 Å². The SMILES string of the molecule is CCN(CC)C(=O)[C@@H]1C[C@@H](N)CN1C(=O)CC1=CSC2=NCCN12. The van der Waals surface area contributed by atoms with E-state index in [9.17, 15) is 9.59 Å². The maximum absolute atomic E-state index is 12.8. The largest absolute Gasteiger partial charge is 0.341 e. The van der Waals surface area contributed by atoms with Crippen LogP contribution in [-0.2, 0) is 9.59 Å². The summed E-state index contributed by atoms with van der Waals surface area (Å²) in [6, 6.07) is -0.553. The number of aliphatic imine (C=N–C) groups is 1. The second-order valence-corrected chi connectivity index (χ2v) is 7.12. The molecule has 8 heteroatoms. The molecule has 24 heavy (non-hydrogen) atoms. The van der Waals surface area contributed by atoms with Crippen LogP contribution >= 0.6 is 11.8 Å². The van der Waals surface area contributed by atoms with Crippen molar-refractivity contribution in [3.63, 3.8) is 0 Å². The van der Waals surface area contributed by atoms with Crippen molar-refractivity contribution in [2.24, 2.45) is 10.7 Å². The first-order chi connectivity index (χ1) is 11.5. The lowest BCUT2D eigenvalue weighted by Gasteiger charge is -2.29. The number of thioether (sulfide) groups is 1. The quantitative estimate of drug-likeness (QED) is 0.777. The molecule has 0 aliphatic carbocycles. The van der Waals surface area contributed by atoms with E-state index >= 15 is 0 Å². The standard InChI is InChI=1S/C16H25N5O2S/c1-3-19(4-2)15(23)13-7-11(17)9-21(13)14(22)8-12-10-24-16-18-5-6-20(12)16/h10-11,13H,3-9,17H2,1-2H3/t11-,13+/m1/s1. The summed E-state index contributed by atoms with van der Waals surface area (Å²) in [4.78, 5) is 35.5. The number of amidine groups is 1. The van der Waals surface area contributed by atoms with Gasteiger partial charge in [0.15, 0.2) is 5.17 Å². The number of rotatable bonds is 5. The minimum atomic E-state index is -0.422. The fraction of sp³-hybridized carbons (Fsp3) is 0.688. The minimum absolute atomic E-state index is 0.0134. The Morgan fingerprint density at radius 1 is 1.42 bits per heavy atom. The van der Waals surface area contributed by atoms with Crippen LogP contribution in [-0.4, -0.2) is 76.5 Å². The number of amides is 2. The van der Waals surface area contributed by atoms with Crippen molar-refractivity contribution in [3.8, 4) is 0 Å². The molecule has 0 spiro atoms. The molecule has 0 aromatic carbocycles. The van der Waals surface area contributed by atoms with Crippen LogP contribution in [0, 0.1) is 0 Å². The molecule has 3 rings (SSSR count). The first-order valence-electron chi connectivity index (χ1n) is 8.56. The van der Waals surface area contributed by atoms with Crippen LogP contribution in [0.5, 0.6) is 0 Å². The fourth-order valence-corrected chi connectivity index (χ4v) is 4.45. The number of nitrogens with zero attached hydrogens (tertiary/aromatic N) is 4. The summed E-state index contributed by atoms with van der Waals surface area (Å²) >= 11 is 1.57. The van der Waals surface area contributed by atoms with Gasteiger partial charge < -0.3 is 20.4 Å². The van der Waals surface area contributed by atoms with Gasteiger partial charge in [0.05, 0.1) is 13.0 Å². The van der Waals surface area contributed by atoms with Crippen LogP contribution < -0.4 is 5.73 Å². The molecule has 0 bridgehead atoms. The van der Waals surface area contributed by atoms with Gasteiger partial charge in [0.1, 0.15) is 6.04 Å². The minimum Gasteiger partial charge on any atom is -0.341 e. The monoisotopic (exact) mass is 351 g/mol. The number of nitrogens with two attached hydrogens (primary N) is 1. The van der Waals surface area contributed by atoms with Crippen LogP contribution in [0.4, 0.5) is 0 Å². The number of likely N-dealkylation sites (tertiary alicyclic amines) is 1. The highest BCUT2D eigenvalue weighted by Crippen LogP contribution is 2.32. The maximum atomic E-state index is 12.8. The van der Waals surface area contributed by atoms with E-state index in [0.717, 1.165) is 24.0 Å². The van der Waals surface area contributed by atoms with Crippen molar-refractivity contribution in [2.45, 2.75) is 38.8 Å². The summed E-state index contributed by atoms with van der Waals surface area (Å²) in [6.07, 6.45) is 0.853. The van der Waals surface area contributed by atoms with Crippen LogP contribution in [0.1, 0.15) is 26.7 Å². The summed E-state index contributed by atoms with van der Waals surface area (Å²) in [5, 5.41) is 2.97. The normalized spacial score (nSPS) is 25.6. The van der Waals surface area contributed by atoms with Gasteiger partial charge in [0.2, 0.25) is 11.8 Å². The number of hydrogen-bond donors (Lipinski definition) is 1. The van der Waals surface area contributed by atoms with Crippen molar-refractivity contribution in [2.75, 3.05) is 32.7 Å². The summed E-state index contributed by atoms with van der Waals surface area (Å²) in [5.74, 6) is -0.00652. The molecule has 0 aromatic heterocycles. The van der Waals surface area contributed by atoms with Gasteiger partial charge in [0, 0.05) is 37.9 Å². The second-order valence-electron chi connectivity index (χ2n) is 6.29. The van der Waals surface area contributed by atoms with E-state index in [0.29, 0.717) is 32.5 Å². The highest BCUT2D eigenvalue weighted by Gasteiger charge is 2.40. The Labute approximate surface area is 146 Å². The Balaban J connectivity index is 1.68. The number of carbonyl (C=O) groups excluding carboxylic acids is 2. The fourth-order valence-electron chi connectivity index (χ4n) is 3.50. The van der Waals surface area contributed by atoms with Crippen molar-refractivity contribution >= 4 is 28.7 Å². The molecule has 7 nitrogen and oxygen atoms in total. The highest BCUT2D eigenvalue weighted by atomic mass is 32.2. The molecule has 2 atom stereocenters. The molecule has 0 saturated carbocycles. The number of likely N-dealkylation sites (N-methyl/N-ethyl adjacent to an activating group) is 1. The van der Waals surface area contributed by atoms with Gasteiger partial charge in [0.25, 0.3) is 0 Å². The molecule has 3 aliphatic rings. The molecule has 132 valence electrons. The predicted molar refractivity (Wildman–Crippen MR) is 95.3 cm³/mol. The van der Waals surface area contributed by atoms with Crippen LogP contribution in [0.25, 0.3) is 0 Å². The molecule has 3 aliphatic heterocycles. The Bertz CT molecular complexity index is 587. The molecule has 1 fully saturated rings. The van der Waals surface area contributed by atoms with Gasteiger partial charge in [-0.2, -0.15) is 0 Å². The first-order valence-corrected chi connectivity index (χ1v) is 9.44. The zero-order valence-corrected chi connectivity index (χ0v) is 15.1. The Kier molecular flexibility index (Phi) is 5.15. The molecule has 3 heterocycles. The van der Waals surface area contributed by atoms with E-state index in [4.69, 9.17) is 5.73 Å². The average Bonchev–Trinajstić information content (AvgIpc) is 3.25. The third kappa shape index (κ3) is 3.17. The predicted octanol–water partition coefficient (Wildman–Crippen LogP) is 0.433. The van der Waals surface area contributed by atoms with Crippen molar-refractivity contribution < 1.29 is 9.59 Å². The summed E-state index contributed by atoms with van der Waals surface area (Å²) in [6.45, 7) is 7.29.